The number of fused-ring (bicyclic) bond motifs is 5. The molecule has 4 aliphatic carbocycles. The highest BCUT2D eigenvalue weighted by Gasteiger charge is 2.70. The minimum Gasteiger partial charge on any atom is -0.390 e. The highest BCUT2D eigenvalue weighted by molar-refractivity contribution is 5.79. The standard InChI is InChI=1S/C32H54O3/c1-20(33)21-12-16-29(6)24(27(21,2)3)14-18-31(8)25(29)11-10-22-23(13-17-30(22,31)7)32(9)19-15-26(34)28(4,5)35-32/h21-26,34H,10-19H2,1-9H3/t21-,22-,23+,24+,25-,26-,29+,30-,31-,32+/m1/s1. The molecule has 0 aromatic carbocycles. The van der Waals surface area contributed by atoms with E-state index >= 15 is 0 Å². The lowest BCUT2D eigenvalue weighted by atomic mass is 9.34. The van der Waals surface area contributed by atoms with Crippen LogP contribution in [0.4, 0.5) is 0 Å². The van der Waals surface area contributed by atoms with Gasteiger partial charge in [0.25, 0.3) is 0 Å². The molecule has 5 aliphatic rings. The molecule has 0 amide bonds. The van der Waals surface area contributed by atoms with Gasteiger partial charge in [-0.1, -0.05) is 34.6 Å². The SMILES string of the molecule is CC(=O)[C@H]1CC[C@]2(C)[C@H]3CC[C@@H]4[C@@H]([C@]5(C)CC[C@@H](O)C(C)(C)O5)CC[C@@]4(C)[C@]3(C)CC[C@H]2C1(C)C. The van der Waals surface area contributed by atoms with Gasteiger partial charge in [-0.15, -0.1) is 0 Å². The zero-order valence-corrected chi connectivity index (χ0v) is 24.3. The van der Waals surface area contributed by atoms with Crippen molar-refractivity contribution >= 4 is 5.78 Å². The van der Waals surface area contributed by atoms with Gasteiger partial charge in [0.2, 0.25) is 0 Å². The Bertz CT molecular complexity index is 876. The number of ether oxygens (including phenoxy) is 1. The number of hydrogen-bond acceptors (Lipinski definition) is 3. The van der Waals surface area contributed by atoms with Crippen LogP contribution >= 0.6 is 0 Å². The second-order valence-electron chi connectivity index (χ2n) is 15.9. The molecule has 5 fully saturated rings. The molecule has 0 radical (unpaired) electrons. The third-order valence-corrected chi connectivity index (χ3v) is 13.9. The van der Waals surface area contributed by atoms with Gasteiger partial charge in [-0.25, -0.2) is 0 Å². The first-order valence-corrected chi connectivity index (χ1v) is 14.9. The predicted octanol–water partition coefficient (Wildman–Crippen LogP) is 7.59. The fraction of sp³-hybridized carbons (Fsp3) is 0.969. The quantitative estimate of drug-likeness (QED) is 0.437. The van der Waals surface area contributed by atoms with Crippen LogP contribution < -0.4 is 0 Å². The number of aliphatic hydroxyl groups is 1. The van der Waals surface area contributed by atoms with Crippen LogP contribution in [0.15, 0.2) is 0 Å². The first-order valence-electron chi connectivity index (χ1n) is 14.9. The summed E-state index contributed by atoms with van der Waals surface area (Å²) in [7, 11) is 0. The lowest BCUT2D eigenvalue weighted by molar-refractivity contribution is -0.251. The van der Waals surface area contributed by atoms with E-state index in [0.717, 1.165) is 25.2 Å². The molecule has 35 heavy (non-hydrogen) atoms. The maximum atomic E-state index is 12.6. The first kappa shape index (κ1) is 26.2. The summed E-state index contributed by atoms with van der Waals surface area (Å²) < 4.78 is 6.81. The van der Waals surface area contributed by atoms with Gasteiger partial charge in [-0.05, 0) is 137 Å². The molecule has 5 rings (SSSR count). The first-order chi connectivity index (χ1) is 16.0. The fourth-order valence-corrected chi connectivity index (χ4v) is 12.0. The molecule has 200 valence electrons. The molecule has 0 aromatic heterocycles. The van der Waals surface area contributed by atoms with Gasteiger partial charge in [0.15, 0.2) is 0 Å². The topological polar surface area (TPSA) is 46.5 Å². The molecule has 1 heterocycles. The summed E-state index contributed by atoms with van der Waals surface area (Å²) in [5, 5.41) is 10.6. The van der Waals surface area contributed by atoms with Gasteiger partial charge in [0.1, 0.15) is 5.78 Å². The minimum absolute atomic E-state index is 0.103. The Balaban J connectivity index is 1.45. The van der Waals surface area contributed by atoms with E-state index in [-0.39, 0.29) is 23.0 Å². The lowest BCUT2D eigenvalue weighted by Crippen LogP contribution is -2.64. The summed E-state index contributed by atoms with van der Waals surface area (Å²) >= 11 is 0. The van der Waals surface area contributed by atoms with Crippen molar-refractivity contribution in [3.63, 3.8) is 0 Å². The number of rotatable bonds is 2. The highest BCUT2D eigenvalue weighted by Crippen LogP contribution is 2.76. The third-order valence-electron chi connectivity index (χ3n) is 13.9. The Kier molecular flexibility index (Phi) is 5.85. The summed E-state index contributed by atoms with van der Waals surface area (Å²) in [4.78, 5) is 12.6. The van der Waals surface area contributed by atoms with Gasteiger partial charge >= 0.3 is 0 Å². The highest BCUT2D eigenvalue weighted by atomic mass is 16.5. The van der Waals surface area contributed by atoms with Crippen LogP contribution in [0.3, 0.4) is 0 Å². The van der Waals surface area contributed by atoms with Crippen molar-refractivity contribution < 1.29 is 14.6 Å². The molecule has 3 nitrogen and oxygen atoms in total. The maximum Gasteiger partial charge on any atom is 0.133 e. The summed E-state index contributed by atoms with van der Waals surface area (Å²) in [6.07, 6.45) is 11.6. The van der Waals surface area contributed by atoms with E-state index < -0.39 is 5.60 Å². The summed E-state index contributed by atoms with van der Waals surface area (Å²) in [6, 6.07) is 0. The van der Waals surface area contributed by atoms with Gasteiger partial charge in [0, 0.05) is 5.92 Å². The normalized spacial score (nSPS) is 54.9. The molecule has 3 heteroatoms. The molecule has 1 N–H and O–H groups in total. The Hall–Kier alpha value is -0.410. The summed E-state index contributed by atoms with van der Waals surface area (Å²) in [5.41, 5.74) is 0.562. The van der Waals surface area contributed by atoms with Gasteiger partial charge in [-0.3, -0.25) is 4.79 Å². The van der Waals surface area contributed by atoms with E-state index in [2.05, 4.69) is 55.4 Å². The van der Waals surface area contributed by atoms with Crippen LogP contribution in [0.2, 0.25) is 0 Å². The van der Waals surface area contributed by atoms with E-state index in [0.29, 0.717) is 39.8 Å². The molecule has 1 aliphatic heterocycles. The number of hydrogen-bond donors (Lipinski definition) is 1. The zero-order chi connectivity index (χ0) is 25.8. The van der Waals surface area contributed by atoms with Crippen molar-refractivity contribution in [2.24, 2.45) is 51.2 Å². The predicted molar refractivity (Wildman–Crippen MR) is 142 cm³/mol. The molecule has 10 atom stereocenters. The Labute approximate surface area is 215 Å². The van der Waals surface area contributed by atoms with Crippen molar-refractivity contribution in [2.75, 3.05) is 0 Å². The second kappa shape index (κ2) is 7.81. The average molecular weight is 487 g/mol. The van der Waals surface area contributed by atoms with Crippen molar-refractivity contribution in [3.8, 4) is 0 Å². The second-order valence-corrected chi connectivity index (χ2v) is 15.9. The van der Waals surface area contributed by atoms with Crippen LogP contribution in [-0.4, -0.2) is 28.2 Å². The lowest BCUT2D eigenvalue weighted by Gasteiger charge is -2.70. The number of aliphatic hydroxyl groups excluding tert-OH is 1. The van der Waals surface area contributed by atoms with Crippen LogP contribution in [0, 0.1) is 51.2 Å². The number of carbonyl (C=O) groups is 1. The summed E-state index contributed by atoms with van der Waals surface area (Å²) in [5.74, 6) is 3.34. The zero-order valence-electron chi connectivity index (χ0n) is 24.3. The van der Waals surface area contributed by atoms with Gasteiger partial charge < -0.3 is 9.84 Å². The van der Waals surface area contributed by atoms with Crippen molar-refractivity contribution in [2.45, 2.75) is 144 Å². The molecular formula is C32H54O3. The largest absolute Gasteiger partial charge is 0.390 e. The molecular weight excluding hydrogens is 432 g/mol. The number of carbonyl (C=O) groups excluding carboxylic acids is 1. The summed E-state index contributed by atoms with van der Waals surface area (Å²) in [6.45, 7) is 21.2. The number of Topliss-reactive ketones (excluding diaryl/α,β-unsaturated/α-hetero) is 1. The minimum atomic E-state index is -0.459. The molecule has 1 saturated heterocycles. The Morgan fingerprint density at radius 2 is 1.37 bits per heavy atom. The Morgan fingerprint density at radius 1 is 0.714 bits per heavy atom. The van der Waals surface area contributed by atoms with E-state index in [9.17, 15) is 9.90 Å². The molecule has 4 saturated carbocycles. The molecule has 0 unspecified atom stereocenters. The Morgan fingerprint density at radius 3 is 2.00 bits per heavy atom. The van der Waals surface area contributed by atoms with Crippen LogP contribution in [0.25, 0.3) is 0 Å². The number of ketones is 1. The van der Waals surface area contributed by atoms with E-state index in [1.54, 1.807) is 0 Å². The molecule has 0 aromatic rings. The fourth-order valence-electron chi connectivity index (χ4n) is 12.0. The van der Waals surface area contributed by atoms with E-state index in [4.69, 9.17) is 4.74 Å². The molecule has 0 spiro atoms. The maximum absolute atomic E-state index is 12.6. The third kappa shape index (κ3) is 3.38. The van der Waals surface area contributed by atoms with Crippen LogP contribution in [0.1, 0.15) is 127 Å². The molecule has 0 bridgehead atoms. The monoisotopic (exact) mass is 486 g/mol. The van der Waals surface area contributed by atoms with Crippen molar-refractivity contribution in [1.82, 2.24) is 0 Å². The van der Waals surface area contributed by atoms with E-state index in [1.807, 2.05) is 6.92 Å². The van der Waals surface area contributed by atoms with Crippen LogP contribution in [0.5, 0.6) is 0 Å². The van der Waals surface area contributed by atoms with Gasteiger partial charge in [-0.2, -0.15) is 0 Å². The van der Waals surface area contributed by atoms with Gasteiger partial charge in [0.05, 0.1) is 17.3 Å². The smallest absolute Gasteiger partial charge is 0.133 e. The van der Waals surface area contributed by atoms with E-state index in [1.165, 1.54) is 44.9 Å². The van der Waals surface area contributed by atoms with Crippen LogP contribution in [-0.2, 0) is 9.53 Å². The van der Waals surface area contributed by atoms with Crippen molar-refractivity contribution in [3.05, 3.63) is 0 Å². The average Bonchev–Trinajstić information content (AvgIpc) is 3.09. The van der Waals surface area contributed by atoms with Crippen molar-refractivity contribution in [1.29, 1.82) is 0 Å².